The molecule has 28 heavy (non-hydrogen) atoms. The van der Waals surface area contributed by atoms with E-state index in [2.05, 4.69) is 13.8 Å². The fourth-order valence-corrected chi connectivity index (χ4v) is 3.36. The first kappa shape index (κ1) is 19.9. The fraction of sp³-hybridized carbons (Fsp3) is 0.292. The number of Topliss-reactive ketones (excluding diaryl/α,β-unsaturated/α-hetero) is 1. The smallest absolute Gasteiger partial charge is 0.196 e. The Balaban J connectivity index is 1.92. The summed E-state index contributed by atoms with van der Waals surface area (Å²) in [7, 11) is 3.30. The van der Waals surface area contributed by atoms with E-state index >= 15 is 0 Å². The highest BCUT2D eigenvalue weighted by Crippen LogP contribution is 2.19. The van der Waals surface area contributed by atoms with Crippen LogP contribution in [0.5, 0.6) is 11.5 Å². The summed E-state index contributed by atoms with van der Waals surface area (Å²) in [6.45, 7) is 5.87. The maximum Gasteiger partial charge on any atom is 0.196 e. The van der Waals surface area contributed by atoms with Crippen LogP contribution in [-0.2, 0) is 4.79 Å². The molecule has 0 spiro atoms. The largest absolute Gasteiger partial charge is 0.497 e. The molecule has 3 rings (SSSR count). The molecule has 146 valence electrons. The third kappa shape index (κ3) is 4.70. The molecule has 1 fully saturated rings. The molecule has 0 aliphatic carbocycles. The minimum atomic E-state index is 0.135. The minimum Gasteiger partial charge on any atom is -0.497 e. The number of carbonyl (C=O) groups is 1. The zero-order valence-corrected chi connectivity index (χ0v) is 17.0. The number of rotatable bonds is 5. The highest BCUT2D eigenvalue weighted by Gasteiger charge is 2.30. The molecule has 4 nitrogen and oxygen atoms in total. The summed E-state index contributed by atoms with van der Waals surface area (Å²) in [5.41, 5.74) is 3.72. The van der Waals surface area contributed by atoms with Gasteiger partial charge in [-0.15, -0.1) is 0 Å². The van der Waals surface area contributed by atoms with Crippen LogP contribution in [-0.4, -0.2) is 39.1 Å². The third-order valence-corrected chi connectivity index (χ3v) is 5.15. The monoisotopic (exact) mass is 378 g/mol. The Hall–Kier alpha value is -2.85. The highest BCUT2D eigenvalue weighted by molar-refractivity contribution is 6.14. The van der Waals surface area contributed by atoms with Crippen LogP contribution in [0.1, 0.15) is 25.0 Å². The summed E-state index contributed by atoms with van der Waals surface area (Å²) >= 11 is 0. The molecule has 1 unspecified atom stereocenters. The molecule has 0 bridgehead atoms. The van der Waals surface area contributed by atoms with Gasteiger partial charge >= 0.3 is 0 Å². The second-order valence-corrected chi connectivity index (χ2v) is 7.38. The van der Waals surface area contributed by atoms with Gasteiger partial charge in [0.1, 0.15) is 24.6 Å². The van der Waals surface area contributed by atoms with Crippen molar-refractivity contribution < 1.29 is 19.2 Å². The number of hydrogen-bond acceptors (Lipinski definition) is 3. The van der Waals surface area contributed by atoms with Crippen molar-refractivity contribution in [3.63, 3.8) is 0 Å². The van der Waals surface area contributed by atoms with Gasteiger partial charge in [0.2, 0.25) is 0 Å². The quantitative estimate of drug-likeness (QED) is 0.813. The average Bonchev–Trinajstić information content (AvgIpc) is 2.71. The summed E-state index contributed by atoms with van der Waals surface area (Å²) in [5.74, 6) is 1.76. The lowest BCUT2D eigenvalue weighted by molar-refractivity contribution is -0.912. The summed E-state index contributed by atoms with van der Waals surface area (Å²) in [6.07, 6.45) is 4.01. The van der Waals surface area contributed by atoms with Gasteiger partial charge < -0.3 is 14.4 Å². The Labute approximate surface area is 167 Å². The highest BCUT2D eigenvalue weighted by atomic mass is 16.5. The van der Waals surface area contributed by atoms with E-state index in [4.69, 9.17) is 9.47 Å². The standard InChI is InChI=1S/C24H27NO3/c1-17(2)25-15-20(13-18-5-9-22(27-3)10-6-18)24(26)21(16-25)14-19-7-11-23(28-4)12-8-19/h5-14,17H,15-16H2,1-4H3/p+1/b20-13-,21-14+. The molecule has 2 aromatic carbocycles. The Morgan fingerprint density at radius 2 is 1.18 bits per heavy atom. The zero-order valence-electron chi connectivity index (χ0n) is 17.0. The molecule has 1 atom stereocenters. The maximum absolute atomic E-state index is 13.1. The molecule has 0 saturated carbocycles. The van der Waals surface area contributed by atoms with Crippen molar-refractivity contribution in [2.24, 2.45) is 0 Å². The van der Waals surface area contributed by atoms with Crippen LogP contribution >= 0.6 is 0 Å². The van der Waals surface area contributed by atoms with Crippen LogP contribution in [0.15, 0.2) is 59.7 Å². The van der Waals surface area contributed by atoms with Gasteiger partial charge in [0.05, 0.1) is 31.4 Å². The summed E-state index contributed by atoms with van der Waals surface area (Å²) in [6, 6.07) is 16.0. The number of hydrogen-bond donors (Lipinski definition) is 1. The van der Waals surface area contributed by atoms with E-state index in [1.165, 1.54) is 4.90 Å². The number of ketones is 1. The van der Waals surface area contributed by atoms with E-state index in [1.54, 1.807) is 14.2 Å². The molecule has 1 heterocycles. The van der Waals surface area contributed by atoms with Gasteiger partial charge in [-0.2, -0.15) is 0 Å². The van der Waals surface area contributed by atoms with Crippen LogP contribution in [0.25, 0.3) is 12.2 Å². The molecule has 1 saturated heterocycles. The van der Waals surface area contributed by atoms with E-state index in [0.29, 0.717) is 6.04 Å². The number of benzene rings is 2. The van der Waals surface area contributed by atoms with Gasteiger partial charge in [-0.3, -0.25) is 4.79 Å². The lowest BCUT2D eigenvalue weighted by Crippen LogP contribution is -3.16. The Morgan fingerprint density at radius 1 is 0.786 bits per heavy atom. The van der Waals surface area contributed by atoms with Crippen LogP contribution < -0.4 is 14.4 Å². The number of likely N-dealkylation sites (tertiary alicyclic amines) is 1. The van der Waals surface area contributed by atoms with Crippen LogP contribution in [0.3, 0.4) is 0 Å². The molecule has 1 aliphatic rings. The van der Waals surface area contributed by atoms with Gasteiger partial charge in [-0.25, -0.2) is 0 Å². The van der Waals surface area contributed by atoms with Gasteiger partial charge in [0.25, 0.3) is 0 Å². The van der Waals surface area contributed by atoms with E-state index in [9.17, 15) is 4.79 Å². The van der Waals surface area contributed by atoms with Crippen molar-refractivity contribution >= 4 is 17.9 Å². The Bertz CT molecular complexity index is 808. The van der Waals surface area contributed by atoms with Crippen LogP contribution in [0, 0.1) is 0 Å². The number of carbonyl (C=O) groups excluding carboxylic acids is 1. The number of methoxy groups -OCH3 is 2. The number of quaternary nitrogens is 1. The van der Waals surface area contributed by atoms with Crippen molar-refractivity contribution in [3.8, 4) is 11.5 Å². The van der Waals surface area contributed by atoms with Crippen molar-refractivity contribution in [1.82, 2.24) is 0 Å². The molecule has 2 aromatic rings. The molecule has 0 aromatic heterocycles. The second-order valence-electron chi connectivity index (χ2n) is 7.38. The molecular formula is C24H28NO3+. The normalized spacial score (nSPS) is 20.0. The molecule has 1 aliphatic heterocycles. The predicted molar refractivity (Wildman–Crippen MR) is 113 cm³/mol. The number of nitrogens with one attached hydrogen (secondary N) is 1. The first-order valence-electron chi connectivity index (χ1n) is 9.58. The van der Waals surface area contributed by atoms with E-state index in [0.717, 1.165) is 46.9 Å². The van der Waals surface area contributed by atoms with Crippen molar-refractivity contribution in [2.45, 2.75) is 19.9 Å². The van der Waals surface area contributed by atoms with Crippen molar-refractivity contribution in [2.75, 3.05) is 27.3 Å². The fourth-order valence-electron chi connectivity index (χ4n) is 3.36. The van der Waals surface area contributed by atoms with Crippen molar-refractivity contribution in [1.29, 1.82) is 0 Å². The molecule has 0 radical (unpaired) electrons. The van der Waals surface area contributed by atoms with E-state index in [-0.39, 0.29) is 5.78 Å². The zero-order chi connectivity index (χ0) is 20.1. The Morgan fingerprint density at radius 3 is 1.50 bits per heavy atom. The SMILES string of the molecule is COc1ccc(/C=C2/C[NH+](C(C)C)C/C(=C\c3ccc(OC)cc3)C2=O)cc1. The lowest BCUT2D eigenvalue weighted by Gasteiger charge is -2.30. The molecule has 1 N–H and O–H groups in total. The molecular weight excluding hydrogens is 350 g/mol. The second kappa shape index (κ2) is 8.89. The summed E-state index contributed by atoms with van der Waals surface area (Å²) < 4.78 is 10.4. The lowest BCUT2D eigenvalue weighted by atomic mass is 9.93. The maximum atomic E-state index is 13.1. The van der Waals surface area contributed by atoms with Gasteiger partial charge in [-0.05, 0) is 61.4 Å². The van der Waals surface area contributed by atoms with Gasteiger partial charge in [0, 0.05) is 0 Å². The topological polar surface area (TPSA) is 40.0 Å². The van der Waals surface area contributed by atoms with Crippen LogP contribution in [0.2, 0.25) is 0 Å². The van der Waals surface area contributed by atoms with Gasteiger partial charge in [0.15, 0.2) is 5.78 Å². The number of ether oxygens (including phenoxy) is 2. The number of piperidine rings is 1. The van der Waals surface area contributed by atoms with Gasteiger partial charge in [-0.1, -0.05) is 24.3 Å². The molecule has 0 amide bonds. The minimum absolute atomic E-state index is 0.135. The predicted octanol–water partition coefficient (Wildman–Crippen LogP) is 3.05. The van der Waals surface area contributed by atoms with E-state index < -0.39 is 0 Å². The first-order chi connectivity index (χ1) is 13.5. The third-order valence-electron chi connectivity index (χ3n) is 5.15. The Kier molecular flexibility index (Phi) is 6.32. The first-order valence-corrected chi connectivity index (χ1v) is 9.58. The van der Waals surface area contributed by atoms with Crippen LogP contribution in [0.4, 0.5) is 0 Å². The average molecular weight is 378 g/mol. The summed E-state index contributed by atoms with van der Waals surface area (Å²) in [5, 5.41) is 0. The van der Waals surface area contributed by atoms with Crippen molar-refractivity contribution in [3.05, 3.63) is 70.8 Å². The summed E-state index contributed by atoms with van der Waals surface area (Å²) in [4.78, 5) is 14.5. The molecule has 4 heteroatoms. The van der Waals surface area contributed by atoms with E-state index in [1.807, 2.05) is 60.7 Å².